The molecule has 0 radical (unpaired) electrons. The van der Waals surface area contributed by atoms with Crippen molar-refractivity contribution in [1.82, 2.24) is 19.7 Å². The average molecular weight is 409 g/mol. The van der Waals surface area contributed by atoms with Gasteiger partial charge in [0.1, 0.15) is 5.82 Å². The van der Waals surface area contributed by atoms with E-state index < -0.39 is 11.7 Å². The Kier molecular flexibility index (Phi) is 5.97. The number of piperazine rings is 1. The fourth-order valence-corrected chi connectivity index (χ4v) is 3.30. The highest BCUT2D eigenvalue weighted by Gasteiger charge is 2.36. The van der Waals surface area contributed by atoms with Crippen LogP contribution in [0.4, 0.5) is 19.0 Å². The maximum Gasteiger partial charge on any atom is 0.419 e. The zero-order valence-corrected chi connectivity index (χ0v) is 16.9. The van der Waals surface area contributed by atoms with Crippen molar-refractivity contribution in [3.63, 3.8) is 0 Å². The van der Waals surface area contributed by atoms with Crippen LogP contribution >= 0.6 is 0 Å². The fraction of sp³-hybridized carbons (Fsp3) is 0.550. The van der Waals surface area contributed by atoms with Gasteiger partial charge in [0.2, 0.25) is 0 Å². The summed E-state index contributed by atoms with van der Waals surface area (Å²) in [6.07, 6.45) is -3.04. The molecule has 1 saturated heterocycles. The van der Waals surface area contributed by atoms with Crippen LogP contribution in [0.1, 0.15) is 32.0 Å². The second-order valence-electron chi connectivity index (χ2n) is 8.23. The van der Waals surface area contributed by atoms with Crippen LogP contribution in [0.3, 0.4) is 0 Å². The first-order chi connectivity index (χ1) is 13.6. The van der Waals surface area contributed by atoms with E-state index in [1.807, 2.05) is 20.8 Å². The smallest absolute Gasteiger partial charge is 0.354 e. The van der Waals surface area contributed by atoms with Gasteiger partial charge in [-0.25, -0.2) is 9.67 Å². The Labute approximate surface area is 168 Å². The number of hydrogen-bond acceptors (Lipinski definition) is 5. The minimum Gasteiger partial charge on any atom is -0.354 e. The quantitative estimate of drug-likeness (QED) is 0.777. The van der Waals surface area contributed by atoms with Gasteiger partial charge in [-0.05, 0) is 18.2 Å². The number of hydrogen-bond donors (Lipinski definition) is 0. The molecule has 0 unspecified atom stereocenters. The molecular weight excluding hydrogens is 383 g/mol. The Morgan fingerprint density at radius 1 is 1.00 bits per heavy atom. The first kappa shape index (κ1) is 21.3. The Morgan fingerprint density at radius 3 is 2.31 bits per heavy atom. The molecule has 0 atom stereocenters. The molecule has 0 amide bonds. The molecule has 0 aromatic carbocycles. The topological polar surface area (TPSA) is 54.3 Å². The maximum absolute atomic E-state index is 13.2. The SMILES string of the molecule is CC(C)(C)c1ccc(=O)n(CCN2CCN(c3ncccc3C(F)(F)F)CC2)n1. The lowest BCUT2D eigenvalue weighted by Crippen LogP contribution is -2.48. The third kappa shape index (κ3) is 5.14. The molecule has 1 aliphatic heterocycles. The van der Waals surface area contributed by atoms with E-state index in [1.54, 1.807) is 11.0 Å². The van der Waals surface area contributed by atoms with E-state index in [2.05, 4.69) is 15.0 Å². The zero-order valence-electron chi connectivity index (χ0n) is 16.9. The van der Waals surface area contributed by atoms with Gasteiger partial charge < -0.3 is 4.90 Å². The van der Waals surface area contributed by atoms with Crippen LogP contribution in [0.2, 0.25) is 0 Å². The molecule has 29 heavy (non-hydrogen) atoms. The van der Waals surface area contributed by atoms with E-state index in [-0.39, 0.29) is 16.8 Å². The highest BCUT2D eigenvalue weighted by Crippen LogP contribution is 2.35. The van der Waals surface area contributed by atoms with E-state index in [1.165, 1.54) is 23.0 Å². The number of rotatable bonds is 4. The number of aromatic nitrogens is 3. The molecular formula is C20H26F3N5O. The third-order valence-corrected chi connectivity index (χ3v) is 5.03. The maximum atomic E-state index is 13.2. The lowest BCUT2D eigenvalue weighted by Gasteiger charge is -2.36. The van der Waals surface area contributed by atoms with Gasteiger partial charge in [-0.15, -0.1) is 0 Å². The van der Waals surface area contributed by atoms with Crippen molar-refractivity contribution >= 4 is 5.82 Å². The molecule has 6 nitrogen and oxygen atoms in total. The van der Waals surface area contributed by atoms with Gasteiger partial charge in [0.05, 0.1) is 17.8 Å². The van der Waals surface area contributed by atoms with Crippen LogP contribution in [-0.2, 0) is 18.1 Å². The van der Waals surface area contributed by atoms with Gasteiger partial charge in [-0.3, -0.25) is 9.69 Å². The third-order valence-electron chi connectivity index (χ3n) is 5.03. The second-order valence-corrected chi connectivity index (χ2v) is 8.23. The summed E-state index contributed by atoms with van der Waals surface area (Å²) in [6, 6.07) is 5.65. The summed E-state index contributed by atoms with van der Waals surface area (Å²) in [4.78, 5) is 19.9. The van der Waals surface area contributed by atoms with Crippen molar-refractivity contribution in [2.75, 3.05) is 37.6 Å². The molecule has 1 fully saturated rings. The van der Waals surface area contributed by atoms with Crippen LogP contribution < -0.4 is 10.5 Å². The summed E-state index contributed by atoms with van der Waals surface area (Å²) >= 11 is 0. The van der Waals surface area contributed by atoms with Gasteiger partial charge in [0.15, 0.2) is 0 Å². The molecule has 0 bridgehead atoms. The first-order valence-electron chi connectivity index (χ1n) is 9.64. The lowest BCUT2D eigenvalue weighted by molar-refractivity contribution is -0.137. The lowest BCUT2D eigenvalue weighted by atomic mass is 9.92. The van der Waals surface area contributed by atoms with Gasteiger partial charge >= 0.3 is 6.18 Å². The van der Waals surface area contributed by atoms with Crippen molar-refractivity contribution in [2.45, 2.75) is 38.9 Å². The van der Waals surface area contributed by atoms with E-state index in [4.69, 9.17) is 0 Å². The van der Waals surface area contributed by atoms with Crippen LogP contribution in [0, 0.1) is 0 Å². The largest absolute Gasteiger partial charge is 0.419 e. The standard InChI is InChI=1S/C20H26F3N5O/c1-19(2,3)16-6-7-17(29)28(25-16)14-11-26-9-12-27(13-10-26)18-15(20(21,22)23)5-4-8-24-18/h4-8H,9-14H2,1-3H3. The molecule has 0 spiro atoms. The molecule has 3 heterocycles. The number of nitrogens with zero attached hydrogens (tertiary/aromatic N) is 5. The number of anilines is 1. The minimum absolute atomic E-state index is 0.0181. The van der Waals surface area contributed by atoms with Crippen molar-refractivity contribution < 1.29 is 13.2 Å². The summed E-state index contributed by atoms with van der Waals surface area (Å²) < 4.78 is 41.1. The highest BCUT2D eigenvalue weighted by atomic mass is 19.4. The van der Waals surface area contributed by atoms with E-state index in [0.29, 0.717) is 39.3 Å². The monoisotopic (exact) mass is 409 g/mol. The van der Waals surface area contributed by atoms with E-state index >= 15 is 0 Å². The van der Waals surface area contributed by atoms with Gasteiger partial charge in [0.25, 0.3) is 5.56 Å². The Bertz CT molecular complexity index is 896. The summed E-state index contributed by atoms with van der Waals surface area (Å²) in [6.45, 7) is 9.27. The Balaban J connectivity index is 1.61. The average Bonchev–Trinajstić information content (AvgIpc) is 2.66. The predicted molar refractivity (Wildman–Crippen MR) is 105 cm³/mol. The van der Waals surface area contributed by atoms with Crippen LogP contribution in [0.25, 0.3) is 0 Å². The van der Waals surface area contributed by atoms with Crippen LogP contribution in [0.15, 0.2) is 35.3 Å². The molecule has 2 aromatic heterocycles. The van der Waals surface area contributed by atoms with Gasteiger partial charge in [0, 0.05) is 50.4 Å². The highest BCUT2D eigenvalue weighted by molar-refractivity contribution is 5.48. The van der Waals surface area contributed by atoms with E-state index in [0.717, 1.165) is 11.8 Å². The number of pyridine rings is 1. The molecule has 158 valence electrons. The molecule has 1 aliphatic rings. The predicted octanol–water partition coefficient (Wildman–Crippen LogP) is 2.78. The normalized spacial score (nSPS) is 16.3. The molecule has 0 saturated carbocycles. The Morgan fingerprint density at radius 2 is 1.69 bits per heavy atom. The number of halogens is 3. The summed E-state index contributed by atoms with van der Waals surface area (Å²) in [5, 5.41) is 4.46. The van der Waals surface area contributed by atoms with Crippen LogP contribution in [-0.4, -0.2) is 52.4 Å². The van der Waals surface area contributed by atoms with Gasteiger partial charge in [-0.2, -0.15) is 18.3 Å². The van der Waals surface area contributed by atoms with Crippen molar-refractivity contribution in [1.29, 1.82) is 0 Å². The Hall–Kier alpha value is -2.42. The molecule has 0 N–H and O–H groups in total. The zero-order chi connectivity index (χ0) is 21.2. The van der Waals surface area contributed by atoms with Crippen molar-refractivity contribution in [3.8, 4) is 0 Å². The summed E-state index contributed by atoms with van der Waals surface area (Å²) in [5.41, 5.74) is -0.167. The van der Waals surface area contributed by atoms with E-state index in [9.17, 15) is 18.0 Å². The van der Waals surface area contributed by atoms with Crippen molar-refractivity contribution in [3.05, 3.63) is 52.1 Å². The number of alkyl halides is 3. The minimum atomic E-state index is -4.42. The first-order valence-corrected chi connectivity index (χ1v) is 9.64. The van der Waals surface area contributed by atoms with Gasteiger partial charge in [-0.1, -0.05) is 20.8 Å². The van der Waals surface area contributed by atoms with Crippen molar-refractivity contribution in [2.24, 2.45) is 0 Å². The van der Waals surface area contributed by atoms with Crippen LogP contribution in [0.5, 0.6) is 0 Å². The summed E-state index contributed by atoms with van der Waals surface area (Å²) in [7, 11) is 0. The molecule has 9 heteroatoms. The molecule has 0 aliphatic carbocycles. The molecule has 3 rings (SSSR count). The molecule has 2 aromatic rings. The summed E-state index contributed by atoms with van der Waals surface area (Å²) in [5.74, 6) is -0.0181. The fourth-order valence-electron chi connectivity index (χ4n) is 3.30. The second kappa shape index (κ2) is 8.14.